The second-order valence-electron chi connectivity index (χ2n) is 13.3. The van der Waals surface area contributed by atoms with Gasteiger partial charge < -0.3 is 4.42 Å². The van der Waals surface area contributed by atoms with Gasteiger partial charge in [-0.25, -0.2) is 15.0 Å². The summed E-state index contributed by atoms with van der Waals surface area (Å²) in [7, 11) is 0. The number of thiazole rings is 2. The Morgan fingerprint density at radius 2 is 1.44 bits per heavy atom. The van der Waals surface area contributed by atoms with Crippen molar-refractivity contribution in [3.63, 3.8) is 0 Å². The zero-order chi connectivity index (χ0) is 26.9. The molecule has 3 rings (SSSR count). The van der Waals surface area contributed by atoms with Crippen LogP contribution in [0.3, 0.4) is 0 Å². The molecule has 4 nitrogen and oxygen atoms in total. The molecule has 0 aliphatic heterocycles. The minimum Gasteiger partial charge on any atom is -0.448 e. The smallest absolute Gasteiger partial charge is 0.199 e. The predicted molar refractivity (Wildman–Crippen MR) is 155 cm³/mol. The average molecular weight is 530 g/mol. The number of nitrogens with zero attached hydrogens (tertiary/aromatic N) is 3. The van der Waals surface area contributed by atoms with E-state index in [2.05, 4.69) is 88.6 Å². The van der Waals surface area contributed by atoms with Gasteiger partial charge in [-0.2, -0.15) is 0 Å². The lowest BCUT2D eigenvalue weighted by molar-refractivity contribution is 0.335. The molecule has 0 radical (unpaired) electrons. The van der Waals surface area contributed by atoms with Gasteiger partial charge in [0.2, 0.25) is 0 Å². The van der Waals surface area contributed by atoms with Gasteiger partial charge in [0.25, 0.3) is 0 Å². The van der Waals surface area contributed by atoms with E-state index in [1.165, 1.54) is 19.8 Å². The molecule has 3 aromatic heterocycles. The summed E-state index contributed by atoms with van der Waals surface area (Å²) in [6.07, 6.45) is 10.4. The van der Waals surface area contributed by atoms with Crippen LogP contribution in [0.15, 0.2) is 23.1 Å². The maximum atomic E-state index is 5.85. The maximum absolute atomic E-state index is 5.85. The van der Waals surface area contributed by atoms with Gasteiger partial charge in [-0.1, -0.05) is 76.2 Å². The molecule has 0 spiro atoms. The molecule has 36 heavy (non-hydrogen) atoms. The quantitative estimate of drug-likeness (QED) is 0.248. The molecule has 0 bridgehead atoms. The molecule has 0 saturated heterocycles. The molecular formula is C30H47N3OS2. The summed E-state index contributed by atoms with van der Waals surface area (Å²) >= 11 is 3.78. The first kappa shape index (κ1) is 29.0. The summed E-state index contributed by atoms with van der Waals surface area (Å²) < 4.78 is 5.85. The highest BCUT2D eigenvalue weighted by Gasteiger charge is 2.30. The fourth-order valence-electron chi connectivity index (χ4n) is 4.20. The number of oxazole rings is 1. The Balaban J connectivity index is 1.57. The Morgan fingerprint density at radius 3 is 2.03 bits per heavy atom. The largest absolute Gasteiger partial charge is 0.448 e. The molecule has 0 aromatic carbocycles. The Kier molecular flexibility index (Phi) is 8.92. The Bertz CT molecular complexity index is 1110. The number of aromatic nitrogens is 3. The summed E-state index contributed by atoms with van der Waals surface area (Å²) in [6.45, 7) is 24.9. The van der Waals surface area contributed by atoms with Crippen molar-refractivity contribution in [1.29, 1.82) is 0 Å². The van der Waals surface area contributed by atoms with Crippen LogP contribution >= 0.6 is 22.7 Å². The van der Waals surface area contributed by atoms with Crippen LogP contribution in [-0.4, -0.2) is 15.0 Å². The van der Waals surface area contributed by atoms with Crippen LogP contribution in [-0.2, 0) is 16.2 Å². The summed E-state index contributed by atoms with van der Waals surface area (Å²) in [6, 6.07) is 0. The van der Waals surface area contributed by atoms with Gasteiger partial charge in [-0.3, -0.25) is 0 Å². The summed E-state index contributed by atoms with van der Waals surface area (Å²) in [5.74, 6) is 2.19. The van der Waals surface area contributed by atoms with E-state index in [0.717, 1.165) is 37.3 Å². The third-order valence-electron chi connectivity index (χ3n) is 7.36. The van der Waals surface area contributed by atoms with Gasteiger partial charge >= 0.3 is 0 Å². The first-order chi connectivity index (χ1) is 16.6. The number of hydrogen-bond acceptors (Lipinski definition) is 6. The van der Waals surface area contributed by atoms with E-state index < -0.39 is 0 Å². The van der Waals surface area contributed by atoms with E-state index in [-0.39, 0.29) is 16.2 Å². The number of rotatable bonds is 11. The Hall–Kier alpha value is -1.53. The van der Waals surface area contributed by atoms with E-state index in [1.807, 2.05) is 28.9 Å². The van der Waals surface area contributed by atoms with Crippen molar-refractivity contribution in [2.24, 2.45) is 0 Å². The van der Waals surface area contributed by atoms with Gasteiger partial charge in [0.05, 0.1) is 15.7 Å². The van der Waals surface area contributed by atoms with E-state index >= 15 is 0 Å². The van der Waals surface area contributed by atoms with Crippen molar-refractivity contribution in [2.75, 3.05) is 0 Å². The van der Waals surface area contributed by atoms with Crippen LogP contribution in [0.5, 0.6) is 0 Å². The molecule has 6 heteroatoms. The first-order valence-corrected chi connectivity index (χ1v) is 15.1. The fraction of sp³-hybridized carbons (Fsp3) is 0.700. The van der Waals surface area contributed by atoms with Crippen LogP contribution in [0.25, 0.3) is 0 Å². The predicted octanol–water partition coefficient (Wildman–Crippen LogP) is 9.73. The third kappa shape index (κ3) is 7.06. The van der Waals surface area contributed by atoms with E-state index in [1.54, 1.807) is 0 Å². The minimum absolute atomic E-state index is 0.0829. The van der Waals surface area contributed by atoms with Crippen molar-refractivity contribution >= 4 is 22.7 Å². The Labute approximate surface area is 227 Å². The van der Waals surface area contributed by atoms with Crippen molar-refractivity contribution in [3.8, 4) is 0 Å². The molecule has 3 aromatic rings. The zero-order valence-electron chi connectivity index (χ0n) is 24.4. The normalized spacial score (nSPS) is 15.0. The van der Waals surface area contributed by atoms with Gasteiger partial charge in [0, 0.05) is 44.3 Å². The molecule has 0 saturated carbocycles. The molecule has 0 aliphatic rings. The highest BCUT2D eigenvalue weighted by atomic mass is 32.1. The van der Waals surface area contributed by atoms with Gasteiger partial charge in [-0.05, 0) is 37.5 Å². The molecular weight excluding hydrogens is 482 g/mol. The van der Waals surface area contributed by atoms with Crippen LogP contribution in [0.2, 0.25) is 0 Å². The monoisotopic (exact) mass is 529 g/mol. The topological polar surface area (TPSA) is 51.8 Å². The summed E-state index contributed by atoms with van der Waals surface area (Å²) in [5.41, 5.74) is 1.20. The van der Waals surface area contributed by atoms with Crippen molar-refractivity contribution in [2.45, 2.75) is 136 Å². The third-order valence-corrected chi connectivity index (χ3v) is 10.6. The molecule has 0 amide bonds. The van der Waals surface area contributed by atoms with Crippen LogP contribution in [0.4, 0.5) is 0 Å². The molecule has 2 atom stereocenters. The van der Waals surface area contributed by atoms with Gasteiger partial charge in [0.15, 0.2) is 5.89 Å². The summed E-state index contributed by atoms with van der Waals surface area (Å²) in [5, 5.41) is 2.48. The Morgan fingerprint density at radius 1 is 0.806 bits per heavy atom. The molecule has 200 valence electrons. The van der Waals surface area contributed by atoms with E-state index in [4.69, 9.17) is 19.4 Å². The molecule has 0 N–H and O–H groups in total. The van der Waals surface area contributed by atoms with Gasteiger partial charge in [0.1, 0.15) is 6.26 Å². The zero-order valence-corrected chi connectivity index (χ0v) is 26.0. The highest BCUT2D eigenvalue weighted by Crippen LogP contribution is 2.40. The second-order valence-corrected chi connectivity index (χ2v) is 15.4. The molecule has 3 heterocycles. The van der Waals surface area contributed by atoms with Crippen molar-refractivity contribution in [3.05, 3.63) is 50.0 Å². The SMILES string of the molecule is CC(C)c1coc(C(C)(C)CCC(C)c2ncc(C(C)(C)CCC(C)c3cnc(C(C)(C)C)s3)s2)n1. The van der Waals surface area contributed by atoms with Crippen molar-refractivity contribution in [1.82, 2.24) is 15.0 Å². The van der Waals surface area contributed by atoms with Crippen LogP contribution in [0, 0.1) is 0 Å². The van der Waals surface area contributed by atoms with Crippen LogP contribution < -0.4 is 0 Å². The van der Waals surface area contributed by atoms with Crippen LogP contribution in [0.1, 0.15) is 151 Å². The average Bonchev–Trinajstić information content (AvgIpc) is 3.54. The fourth-order valence-corrected chi connectivity index (χ4v) is 6.40. The lowest BCUT2D eigenvalue weighted by atomic mass is 9.84. The minimum atomic E-state index is -0.0829. The van der Waals surface area contributed by atoms with E-state index in [0.29, 0.717) is 17.8 Å². The second kappa shape index (κ2) is 11.1. The molecule has 2 unspecified atom stereocenters. The standard InChI is InChI=1S/C30H47N3OS2/c1-19(2)22-18-34-26(33-22)30(10,11)15-13-21(4)25-31-17-24(36-25)29(8,9)14-12-20(3)23-16-32-27(35-23)28(5,6)7/h16-21H,12-15H2,1-11H3. The molecule has 0 aliphatic carbocycles. The summed E-state index contributed by atoms with van der Waals surface area (Å²) in [4.78, 5) is 17.1. The highest BCUT2D eigenvalue weighted by molar-refractivity contribution is 7.12. The lowest BCUT2D eigenvalue weighted by Crippen LogP contribution is -2.18. The lowest BCUT2D eigenvalue weighted by Gasteiger charge is -2.24. The van der Waals surface area contributed by atoms with E-state index in [9.17, 15) is 0 Å². The number of hydrogen-bond donors (Lipinski definition) is 0. The molecule has 0 fully saturated rings. The van der Waals surface area contributed by atoms with Crippen molar-refractivity contribution < 1.29 is 4.42 Å². The maximum Gasteiger partial charge on any atom is 0.199 e. The van der Waals surface area contributed by atoms with Gasteiger partial charge in [-0.15, -0.1) is 22.7 Å². The first-order valence-electron chi connectivity index (χ1n) is 13.5.